The number of benzene rings is 2. The predicted molar refractivity (Wildman–Crippen MR) is 126 cm³/mol. The SMILES string of the molecule is COC(=O)c1c(NC(=O)Cc2cn(C)c3ccccc23)sc(C)c1-c1ccc(C)cc1. The van der Waals surface area contributed by atoms with Gasteiger partial charge in [-0.05, 0) is 31.0 Å². The number of anilines is 1. The molecule has 0 spiro atoms. The lowest BCUT2D eigenvalue weighted by Gasteiger charge is -2.08. The van der Waals surface area contributed by atoms with Crippen LogP contribution < -0.4 is 5.32 Å². The first kappa shape index (κ1) is 20.9. The van der Waals surface area contributed by atoms with E-state index in [9.17, 15) is 9.59 Å². The number of methoxy groups -OCH3 is 1. The summed E-state index contributed by atoms with van der Waals surface area (Å²) in [4.78, 5) is 26.5. The standard InChI is InChI=1S/C25H24N2O3S/c1-15-9-11-17(12-10-15)22-16(2)31-24(23(22)25(29)30-4)26-21(28)13-18-14-27(3)20-8-6-5-7-19(18)20/h5-12,14H,13H2,1-4H3,(H,26,28). The van der Waals surface area contributed by atoms with Crippen molar-refractivity contribution in [1.29, 1.82) is 0 Å². The summed E-state index contributed by atoms with van der Waals surface area (Å²) < 4.78 is 7.07. The van der Waals surface area contributed by atoms with E-state index in [0.717, 1.165) is 38.0 Å². The third-order valence-electron chi connectivity index (χ3n) is 5.40. The molecule has 0 bridgehead atoms. The number of para-hydroxylation sites is 1. The average Bonchev–Trinajstić information content (AvgIpc) is 3.24. The van der Waals surface area contributed by atoms with E-state index >= 15 is 0 Å². The molecule has 0 unspecified atom stereocenters. The lowest BCUT2D eigenvalue weighted by atomic mass is 10.0. The van der Waals surface area contributed by atoms with Gasteiger partial charge in [0.1, 0.15) is 10.6 Å². The Labute approximate surface area is 185 Å². The number of thiophene rings is 1. The summed E-state index contributed by atoms with van der Waals surface area (Å²) in [6.45, 7) is 3.97. The number of hydrogen-bond donors (Lipinski definition) is 1. The van der Waals surface area contributed by atoms with Crippen LogP contribution in [0.4, 0.5) is 5.00 Å². The van der Waals surface area contributed by atoms with Crippen molar-refractivity contribution >= 4 is 39.1 Å². The van der Waals surface area contributed by atoms with E-state index in [1.807, 2.05) is 80.2 Å². The minimum atomic E-state index is -0.458. The van der Waals surface area contributed by atoms with Gasteiger partial charge in [-0.1, -0.05) is 48.0 Å². The molecule has 4 aromatic rings. The topological polar surface area (TPSA) is 60.3 Å². The highest BCUT2D eigenvalue weighted by Crippen LogP contribution is 2.40. The van der Waals surface area contributed by atoms with Crippen LogP contribution in [0.2, 0.25) is 0 Å². The molecule has 2 aromatic heterocycles. The first-order valence-electron chi connectivity index (χ1n) is 10.0. The molecule has 0 saturated heterocycles. The number of nitrogens with one attached hydrogen (secondary N) is 1. The largest absolute Gasteiger partial charge is 0.465 e. The number of esters is 1. The summed E-state index contributed by atoms with van der Waals surface area (Å²) in [5.74, 6) is -0.626. The zero-order chi connectivity index (χ0) is 22.1. The van der Waals surface area contributed by atoms with E-state index < -0.39 is 5.97 Å². The Morgan fingerprint density at radius 3 is 2.48 bits per heavy atom. The van der Waals surface area contributed by atoms with Gasteiger partial charge in [0.05, 0.1) is 13.5 Å². The number of carbonyl (C=O) groups is 2. The molecule has 0 aliphatic heterocycles. The summed E-state index contributed by atoms with van der Waals surface area (Å²) in [6.07, 6.45) is 2.20. The van der Waals surface area contributed by atoms with Gasteiger partial charge in [-0.15, -0.1) is 11.3 Å². The summed E-state index contributed by atoms with van der Waals surface area (Å²) in [6, 6.07) is 16.0. The molecule has 0 aliphatic rings. The number of nitrogens with zero attached hydrogens (tertiary/aromatic N) is 1. The van der Waals surface area contributed by atoms with Crippen LogP contribution in [0, 0.1) is 13.8 Å². The number of amides is 1. The predicted octanol–water partition coefficient (Wildman–Crippen LogP) is 5.49. The van der Waals surface area contributed by atoms with Crippen LogP contribution in [0.25, 0.3) is 22.0 Å². The molecular weight excluding hydrogens is 408 g/mol. The van der Waals surface area contributed by atoms with Gasteiger partial charge in [-0.2, -0.15) is 0 Å². The smallest absolute Gasteiger partial charge is 0.341 e. The molecule has 2 aromatic carbocycles. The maximum atomic E-state index is 12.9. The molecule has 2 heterocycles. The Bertz CT molecular complexity index is 1280. The van der Waals surface area contributed by atoms with Crippen LogP contribution >= 0.6 is 11.3 Å². The lowest BCUT2D eigenvalue weighted by molar-refractivity contribution is -0.115. The van der Waals surface area contributed by atoms with Crippen molar-refractivity contribution in [1.82, 2.24) is 4.57 Å². The molecule has 0 fully saturated rings. The summed E-state index contributed by atoms with van der Waals surface area (Å²) >= 11 is 1.39. The molecule has 6 heteroatoms. The van der Waals surface area contributed by atoms with Gasteiger partial charge in [0.15, 0.2) is 0 Å². The molecule has 5 nitrogen and oxygen atoms in total. The number of aryl methyl sites for hydroxylation is 3. The monoisotopic (exact) mass is 432 g/mol. The maximum absolute atomic E-state index is 12.9. The van der Waals surface area contributed by atoms with E-state index in [2.05, 4.69) is 5.32 Å². The average molecular weight is 433 g/mol. The fourth-order valence-corrected chi connectivity index (χ4v) is 4.99. The number of rotatable bonds is 5. The second-order valence-electron chi connectivity index (χ2n) is 7.60. The van der Waals surface area contributed by atoms with E-state index in [1.54, 1.807) is 0 Å². The quantitative estimate of drug-likeness (QED) is 0.424. The molecule has 0 aliphatic carbocycles. The van der Waals surface area contributed by atoms with Gasteiger partial charge in [0.25, 0.3) is 0 Å². The molecule has 1 amide bonds. The Morgan fingerprint density at radius 1 is 1.06 bits per heavy atom. The summed E-state index contributed by atoms with van der Waals surface area (Å²) in [7, 11) is 3.32. The van der Waals surface area contributed by atoms with Crippen molar-refractivity contribution in [3.05, 3.63) is 76.3 Å². The Morgan fingerprint density at radius 2 is 1.77 bits per heavy atom. The second kappa shape index (κ2) is 8.40. The van der Waals surface area contributed by atoms with Gasteiger partial charge >= 0.3 is 5.97 Å². The van der Waals surface area contributed by atoms with Crippen molar-refractivity contribution in [2.75, 3.05) is 12.4 Å². The van der Waals surface area contributed by atoms with Crippen LogP contribution in [-0.4, -0.2) is 23.6 Å². The number of fused-ring (bicyclic) bond motifs is 1. The first-order valence-corrected chi connectivity index (χ1v) is 10.8. The number of hydrogen-bond acceptors (Lipinski definition) is 4. The Hall–Kier alpha value is -3.38. The fourth-order valence-electron chi connectivity index (χ4n) is 3.91. The molecule has 1 N–H and O–H groups in total. The van der Waals surface area contributed by atoms with Crippen LogP contribution in [0.3, 0.4) is 0 Å². The van der Waals surface area contributed by atoms with Gasteiger partial charge in [-0.3, -0.25) is 4.79 Å². The van der Waals surface area contributed by atoms with E-state index in [4.69, 9.17) is 4.74 Å². The number of ether oxygens (including phenoxy) is 1. The van der Waals surface area contributed by atoms with Crippen molar-refractivity contribution in [3.8, 4) is 11.1 Å². The summed E-state index contributed by atoms with van der Waals surface area (Å²) in [5.41, 5.74) is 5.29. The van der Waals surface area contributed by atoms with E-state index in [0.29, 0.717) is 10.6 Å². The van der Waals surface area contributed by atoms with Crippen LogP contribution in [-0.2, 0) is 23.0 Å². The Kier molecular flexibility index (Phi) is 5.65. The third kappa shape index (κ3) is 3.99. The Balaban J connectivity index is 1.67. The van der Waals surface area contributed by atoms with Crippen LogP contribution in [0.15, 0.2) is 54.7 Å². The minimum absolute atomic E-state index is 0.168. The van der Waals surface area contributed by atoms with Gasteiger partial charge in [-0.25, -0.2) is 4.79 Å². The van der Waals surface area contributed by atoms with Crippen molar-refractivity contribution in [2.45, 2.75) is 20.3 Å². The third-order valence-corrected chi connectivity index (χ3v) is 6.42. The summed E-state index contributed by atoms with van der Waals surface area (Å²) in [5, 5.41) is 4.53. The zero-order valence-corrected chi connectivity index (χ0v) is 18.8. The molecule has 4 rings (SSSR count). The van der Waals surface area contributed by atoms with Gasteiger partial charge < -0.3 is 14.6 Å². The molecular formula is C25H24N2O3S. The van der Waals surface area contributed by atoms with Crippen molar-refractivity contribution in [3.63, 3.8) is 0 Å². The highest BCUT2D eigenvalue weighted by atomic mass is 32.1. The van der Waals surface area contributed by atoms with E-state index in [1.165, 1.54) is 18.4 Å². The molecule has 0 radical (unpaired) electrons. The lowest BCUT2D eigenvalue weighted by Crippen LogP contribution is -2.16. The first-order chi connectivity index (χ1) is 14.9. The normalized spacial score (nSPS) is 11.0. The van der Waals surface area contributed by atoms with Gasteiger partial charge in [0, 0.05) is 34.6 Å². The van der Waals surface area contributed by atoms with Gasteiger partial charge in [0.2, 0.25) is 5.91 Å². The highest BCUT2D eigenvalue weighted by Gasteiger charge is 2.25. The fraction of sp³-hybridized carbons (Fsp3) is 0.200. The van der Waals surface area contributed by atoms with Crippen LogP contribution in [0.5, 0.6) is 0 Å². The van der Waals surface area contributed by atoms with Crippen molar-refractivity contribution in [2.24, 2.45) is 7.05 Å². The second-order valence-corrected chi connectivity index (χ2v) is 8.83. The number of aromatic nitrogens is 1. The number of carbonyl (C=O) groups excluding carboxylic acids is 2. The molecule has 0 atom stereocenters. The van der Waals surface area contributed by atoms with Crippen LogP contribution in [0.1, 0.15) is 26.4 Å². The van der Waals surface area contributed by atoms with E-state index in [-0.39, 0.29) is 12.3 Å². The minimum Gasteiger partial charge on any atom is -0.465 e. The zero-order valence-electron chi connectivity index (χ0n) is 18.0. The van der Waals surface area contributed by atoms with Crippen molar-refractivity contribution < 1.29 is 14.3 Å². The maximum Gasteiger partial charge on any atom is 0.341 e. The molecule has 0 saturated carbocycles. The highest BCUT2D eigenvalue weighted by molar-refractivity contribution is 7.17. The molecule has 158 valence electrons. The molecule has 31 heavy (non-hydrogen) atoms.